The van der Waals surface area contributed by atoms with Crippen LogP contribution in [0.15, 0.2) is 36.4 Å². The van der Waals surface area contributed by atoms with Crippen LogP contribution in [0.3, 0.4) is 0 Å². The number of halogens is 2. The second-order valence-electron chi connectivity index (χ2n) is 4.73. The maximum absolute atomic E-state index is 12.1. The topological polar surface area (TPSA) is 55.6 Å². The maximum Gasteiger partial charge on any atom is 0.265 e. The van der Waals surface area contributed by atoms with Crippen LogP contribution in [0, 0.1) is 0 Å². The molecule has 0 spiro atoms. The van der Waals surface area contributed by atoms with Crippen molar-refractivity contribution in [3.8, 4) is 5.75 Å². The predicted molar refractivity (Wildman–Crippen MR) is 84.0 cm³/mol. The van der Waals surface area contributed by atoms with Gasteiger partial charge in [-0.2, -0.15) is 0 Å². The molecule has 0 fully saturated rings. The fourth-order valence-electron chi connectivity index (χ4n) is 2.21. The average molecular weight is 323 g/mol. The van der Waals surface area contributed by atoms with Gasteiger partial charge in [-0.25, -0.2) is 0 Å². The standard InChI is InChI=1S/C15H12Cl2N2O2/c16-10-2-4-14-13(5-10)19(15(20)8-21-14)7-9-1-3-11(18)6-12(9)17/h1-6H,7-8,18H2. The predicted octanol–water partition coefficient (Wildman–Crippen LogP) is 3.50. The molecular formula is C15H12Cl2N2O2. The number of hydrogen-bond donors (Lipinski definition) is 1. The Morgan fingerprint density at radius 3 is 2.76 bits per heavy atom. The molecule has 0 aliphatic carbocycles. The van der Waals surface area contributed by atoms with Crippen LogP contribution in [-0.4, -0.2) is 12.5 Å². The molecule has 2 aromatic carbocycles. The van der Waals surface area contributed by atoms with Gasteiger partial charge in [-0.15, -0.1) is 0 Å². The van der Waals surface area contributed by atoms with E-state index in [9.17, 15) is 4.79 Å². The minimum absolute atomic E-state index is 0.00121. The van der Waals surface area contributed by atoms with E-state index in [0.717, 1.165) is 5.56 Å². The summed E-state index contributed by atoms with van der Waals surface area (Å²) < 4.78 is 5.41. The Morgan fingerprint density at radius 1 is 1.19 bits per heavy atom. The quantitative estimate of drug-likeness (QED) is 0.861. The number of hydrogen-bond acceptors (Lipinski definition) is 3. The van der Waals surface area contributed by atoms with Crippen molar-refractivity contribution in [2.45, 2.75) is 6.54 Å². The zero-order chi connectivity index (χ0) is 15.0. The number of carbonyl (C=O) groups excluding carboxylic acids is 1. The third-order valence-corrected chi connectivity index (χ3v) is 3.86. The van der Waals surface area contributed by atoms with Crippen LogP contribution in [-0.2, 0) is 11.3 Å². The zero-order valence-electron chi connectivity index (χ0n) is 11.0. The van der Waals surface area contributed by atoms with Crippen molar-refractivity contribution >= 4 is 40.5 Å². The molecule has 2 N–H and O–H groups in total. The summed E-state index contributed by atoms with van der Waals surface area (Å²) in [4.78, 5) is 13.8. The monoisotopic (exact) mass is 322 g/mol. The lowest BCUT2D eigenvalue weighted by Crippen LogP contribution is -2.38. The molecule has 0 saturated carbocycles. The Labute approximate surface area is 132 Å². The maximum atomic E-state index is 12.1. The van der Waals surface area contributed by atoms with Gasteiger partial charge in [-0.3, -0.25) is 4.79 Å². The fourth-order valence-corrected chi connectivity index (χ4v) is 2.63. The summed E-state index contributed by atoms with van der Waals surface area (Å²) in [6.45, 7) is 0.343. The number of benzene rings is 2. The molecular weight excluding hydrogens is 311 g/mol. The average Bonchev–Trinajstić information content (AvgIpc) is 2.44. The molecule has 2 aromatic rings. The molecule has 1 heterocycles. The van der Waals surface area contributed by atoms with Crippen molar-refractivity contribution in [2.75, 3.05) is 17.2 Å². The van der Waals surface area contributed by atoms with Crippen molar-refractivity contribution in [1.82, 2.24) is 0 Å². The number of carbonyl (C=O) groups is 1. The lowest BCUT2D eigenvalue weighted by atomic mass is 10.1. The SMILES string of the molecule is Nc1ccc(CN2C(=O)COc3ccc(Cl)cc32)c(Cl)c1. The first-order valence-electron chi connectivity index (χ1n) is 6.31. The molecule has 1 aliphatic rings. The molecule has 1 amide bonds. The summed E-state index contributed by atoms with van der Waals surface area (Å²) in [5.41, 5.74) is 7.72. The zero-order valence-corrected chi connectivity index (χ0v) is 12.5. The van der Waals surface area contributed by atoms with Gasteiger partial charge in [0.2, 0.25) is 0 Å². The molecule has 21 heavy (non-hydrogen) atoms. The normalized spacial score (nSPS) is 13.8. The smallest absolute Gasteiger partial charge is 0.265 e. The van der Waals surface area contributed by atoms with Gasteiger partial charge in [-0.05, 0) is 35.9 Å². The highest BCUT2D eigenvalue weighted by Gasteiger charge is 2.26. The summed E-state index contributed by atoms with van der Waals surface area (Å²) in [7, 11) is 0. The summed E-state index contributed by atoms with van der Waals surface area (Å²) in [5.74, 6) is 0.489. The van der Waals surface area contributed by atoms with Gasteiger partial charge in [-0.1, -0.05) is 29.3 Å². The van der Waals surface area contributed by atoms with Crippen molar-refractivity contribution in [3.63, 3.8) is 0 Å². The third kappa shape index (κ3) is 2.77. The van der Waals surface area contributed by atoms with E-state index in [0.29, 0.717) is 33.7 Å². The second kappa shape index (κ2) is 5.47. The first-order valence-corrected chi connectivity index (χ1v) is 7.07. The van der Waals surface area contributed by atoms with Gasteiger partial charge in [0.1, 0.15) is 5.75 Å². The fraction of sp³-hybridized carbons (Fsp3) is 0.133. The molecule has 3 rings (SSSR count). The molecule has 0 saturated heterocycles. The number of nitrogens with zero attached hydrogens (tertiary/aromatic N) is 1. The summed E-state index contributed by atoms with van der Waals surface area (Å²) in [5, 5.41) is 1.07. The van der Waals surface area contributed by atoms with E-state index in [4.69, 9.17) is 33.7 Å². The summed E-state index contributed by atoms with van der Waals surface area (Å²) in [6, 6.07) is 10.4. The van der Waals surface area contributed by atoms with Crippen LogP contribution in [0.25, 0.3) is 0 Å². The van der Waals surface area contributed by atoms with E-state index in [2.05, 4.69) is 0 Å². The first-order chi connectivity index (χ1) is 10.0. The van der Waals surface area contributed by atoms with Gasteiger partial charge in [0, 0.05) is 15.7 Å². The lowest BCUT2D eigenvalue weighted by Gasteiger charge is -2.29. The van der Waals surface area contributed by atoms with E-state index < -0.39 is 0 Å². The van der Waals surface area contributed by atoms with Gasteiger partial charge in [0.05, 0.1) is 12.2 Å². The number of amides is 1. The molecule has 108 valence electrons. The minimum atomic E-state index is -0.141. The largest absolute Gasteiger partial charge is 0.482 e. The molecule has 4 nitrogen and oxygen atoms in total. The van der Waals surface area contributed by atoms with Crippen LogP contribution < -0.4 is 15.4 Å². The first kappa shape index (κ1) is 14.0. The van der Waals surface area contributed by atoms with Crippen LogP contribution in [0.1, 0.15) is 5.56 Å². The number of rotatable bonds is 2. The Bertz CT molecular complexity index is 719. The van der Waals surface area contributed by atoms with Gasteiger partial charge < -0.3 is 15.4 Å². The van der Waals surface area contributed by atoms with E-state index in [1.54, 1.807) is 35.2 Å². The minimum Gasteiger partial charge on any atom is -0.482 e. The molecule has 0 atom stereocenters. The van der Waals surface area contributed by atoms with E-state index in [1.165, 1.54) is 0 Å². The molecule has 0 bridgehead atoms. The van der Waals surface area contributed by atoms with Crippen LogP contribution in [0.5, 0.6) is 5.75 Å². The number of ether oxygens (including phenoxy) is 1. The van der Waals surface area contributed by atoms with Gasteiger partial charge in [0.25, 0.3) is 5.91 Å². The van der Waals surface area contributed by atoms with E-state index >= 15 is 0 Å². The molecule has 0 unspecified atom stereocenters. The third-order valence-electron chi connectivity index (χ3n) is 3.27. The van der Waals surface area contributed by atoms with Crippen LogP contribution >= 0.6 is 23.2 Å². The van der Waals surface area contributed by atoms with Crippen molar-refractivity contribution in [1.29, 1.82) is 0 Å². The van der Waals surface area contributed by atoms with Crippen molar-refractivity contribution < 1.29 is 9.53 Å². The lowest BCUT2D eigenvalue weighted by molar-refractivity contribution is -0.121. The second-order valence-corrected chi connectivity index (χ2v) is 5.58. The highest BCUT2D eigenvalue weighted by atomic mass is 35.5. The Balaban J connectivity index is 1.98. The summed E-state index contributed by atoms with van der Waals surface area (Å²) in [6.07, 6.45) is 0. The molecule has 0 radical (unpaired) electrons. The van der Waals surface area contributed by atoms with Crippen LogP contribution in [0.2, 0.25) is 10.0 Å². The number of fused-ring (bicyclic) bond motifs is 1. The van der Waals surface area contributed by atoms with Gasteiger partial charge in [0.15, 0.2) is 6.61 Å². The molecule has 6 heteroatoms. The number of nitrogen functional groups attached to an aromatic ring is 1. The highest BCUT2D eigenvalue weighted by molar-refractivity contribution is 6.32. The number of nitrogens with two attached hydrogens (primary N) is 1. The van der Waals surface area contributed by atoms with Crippen molar-refractivity contribution in [2.24, 2.45) is 0 Å². The Kier molecular flexibility index (Phi) is 3.66. The Hall–Kier alpha value is -1.91. The number of anilines is 2. The Morgan fingerprint density at radius 2 is 2.00 bits per heavy atom. The van der Waals surface area contributed by atoms with E-state index in [1.807, 2.05) is 6.07 Å². The van der Waals surface area contributed by atoms with Crippen molar-refractivity contribution in [3.05, 3.63) is 52.0 Å². The molecule has 0 aromatic heterocycles. The van der Waals surface area contributed by atoms with Crippen LogP contribution in [0.4, 0.5) is 11.4 Å². The summed E-state index contributed by atoms with van der Waals surface area (Å²) >= 11 is 12.2. The van der Waals surface area contributed by atoms with E-state index in [-0.39, 0.29) is 12.5 Å². The molecule has 1 aliphatic heterocycles. The van der Waals surface area contributed by atoms with Gasteiger partial charge >= 0.3 is 0 Å². The highest BCUT2D eigenvalue weighted by Crippen LogP contribution is 2.36.